The second-order valence-electron chi connectivity index (χ2n) is 5.34. The van der Waals surface area contributed by atoms with E-state index in [1.807, 2.05) is 24.3 Å². The summed E-state index contributed by atoms with van der Waals surface area (Å²) in [5, 5.41) is 10.6. The number of nitrogens with zero attached hydrogens (tertiary/aromatic N) is 2. The predicted molar refractivity (Wildman–Crippen MR) is 85.1 cm³/mol. The van der Waals surface area contributed by atoms with Gasteiger partial charge in [0.1, 0.15) is 11.6 Å². The van der Waals surface area contributed by atoms with Crippen LogP contribution in [0.2, 0.25) is 10.0 Å². The molecule has 106 valence electrons. The van der Waals surface area contributed by atoms with Gasteiger partial charge in [0.05, 0.1) is 16.1 Å². The Morgan fingerprint density at radius 3 is 2.62 bits per heavy atom. The molecular formula is C16H12Cl2N2O. The summed E-state index contributed by atoms with van der Waals surface area (Å²) in [6.45, 7) is 0. The van der Waals surface area contributed by atoms with E-state index in [1.54, 1.807) is 12.1 Å². The molecule has 0 bridgehead atoms. The number of imidazole rings is 1. The molecule has 0 radical (unpaired) electrons. The predicted octanol–water partition coefficient (Wildman–Crippen LogP) is 5.05. The third-order valence-corrected chi connectivity index (χ3v) is 4.31. The molecule has 1 heterocycles. The van der Waals surface area contributed by atoms with E-state index >= 15 is 0 Å². The molecular weight excluding hydrogens is 307 g/mol. The van der Waals surface area contributed by atoms with E-state index < -0.39 is 0 Å². The van der Waals surface area contributed by atoms with E-state index in [0.717, 1.165) is 35.3 Å². The van der Waals surface area contributed by atoms with Gasteiger partial charge in [-0.05, 0) is 49.2 Å². The van der Waals surface area contributed by atoms with Crippen LogP contribution in [0, 0.1) is 0 Å². The van der Waals surface area contributed by atoms with Gasteiger partial charge in [-0.3, -0.25) is 0 Å². The van der Waals surface area contributed by atoms with Crippen LogP contribution in [-0.2, 0) is 0 Å². The van der Waals surface area contributed by atoms with Gasteiger partial charge in [-0.25, -0.2) is 4.98 Å². The van der Waals surface area contributed by atoms with E-state index in [9.17, 15) is 5.11 Å². The van der Waals surface area contributed by atoms with Crippen LogP contribution in [0.4, 0.5) is 0 Å². The zero-order valence-corrected chi connectivity index (χ0v) is 12.6. The first-order valence-corrected chi connectivity index (χ1v) is 7.55. The lowest BCUT2D eigenvalue weighted by Gasteiger charge is -2.08. The van der Waals surface area contributed by atoms with E-state index in [2.05, 4.69) is 4.57 Å². The van der Waals surface area contributed by atoms with Gasteiger partial charge >= 0.3 is 0 Å². The lowest BCUT2D eigenvalue weighted by atomic mass is 10.2. The first-order valence-electron chi connectivity index (χ1n) is 6.80. The van der Waals surface area contributed by atoms with E-state index in [1.165, 1.54) is 0 Å². The Bertz CT molecular complexity index is 853. The highest BCUT2D eigenvalue weighted by molar-refractivity contribution is 6.32. The molecule has 1 saturated carbocycles. The molecule has 2 aromatic carbocycles. The number of benzene rings is 2. The van der Waals surface area contributed by atoms with Crippen molar-refractivity contribution in [2.45, 2.75) is 18.9 Å². The number of aromatic nitrogens is 2. The van der Waals surface area contributed by atoms with Gasteiger partial charge in [0.2, 0.25) is 0 Å². The maximum Gasteiger partial charge on any atom is 0.141 e. The highest BCUT2D eigenvalue weighted by Gasteiger charge is 2.28. The molecule has 0 aliphatic heterocycles. The maximum absolute atomic E-state index is 9.58. The number of hydrogen-bond acceptors (Lipinski definition) is 2. The molecule has 0 unspecified atom stereocenters. The van der Waals surface area contributed by atoms with E-state index in [-0.39, 0.29) is 5.75 Å². The highest BCUT2D eigenvalue weighted by atomic mass is 35.5. The van der Waals surface area contributed by atoms with Crippen LogP contribution in [-0.4, -0.2) is 14.7 Å². The Hall–Kier alpha value is -1.71. The van der Waals surface area contributed by atoms with Gasteiger partial charge in [-0.15, -0.1) is 0 Å². The third kappa shape index (κ3) is 2.17. The Labute approximate surface area is 131 Å². The van der Waals surface area contributed by atoms with Crippen LogP contribution in [0.1, 0.15) is 18.9 Å². The lowest BCUT2D eigenvalue weighted by molar-refractivity contribution is 0.475. The van der Waals surface area contributed by atoms with Crippen molar-refractivity contribution in [2.75, 3.05) is 0 Å². The molecule has 0 saturated heterocycles. The fourth-order valence-corrected chi connectivity index (χ4v) is 2.97. The number of phenols is 1. The summed E-state index contributed by atoms with van der Waals surface area (Å²) in [5.41, 5.74) is 2.87. The molecule has 3 nitrogen and oxygen atoms in total. The van der Waals surface area contributed by atoms with Gasteiger partial charge in [0, 0.05) is 16.6 Å². The zero-order chi connectivity index (χ0) is 14.6. The summed E-state index contributed by atoms with van der Waals surface area (Å²) in [4.78, 5) is 4.71. The normalized spacial score (nSPS) is 14.8. The molecule has 0 amide bonds. The molecule has 21 heavy (non-hydrogen) atoms. The molecule has 5 heteroatoms. The minimum atomic E-state index is 0.0811. The Kier molecular flexibility index (Phi) is 2.88. The average Bonchev–Trinajstić information content (AvgIpc) is 3.22. The molecule has 1 aromatic heterocycles. The topological polar surface area (TPSA) is 38.1 Å². The number of aromatic hydroxyl groups is 1. The number of phenolic OH excluding ortho intramolecular Hbond substituents is 1. The van der Waals surface area contributed by atoms with Crippen molar-refractivity contribution >= 4 is 34.2 Å². The van der Waals surface area contributed by atoms with Crippen molar-refractivity contribution < 1.29 is 5.11 Å². The second-order valence-corrected chi connectivity index (χ2v) is 6.18. The highest BCUT2D eigenvalue weighted by Crippen LogP contribution is 2.42. The van der Waals surface area contributed by atoms with Crippen molar-refractivity contribution in [3.05, 3.63) is 46.4 Å². The average molecular weight is 319 g/mol. The van der Waals surface area contributed by atoms with Crippen LogP contribution in [0.3, 0.4) is 0 Å². The second kappa shape index (κ2) is 4.65. The summed E-state index contributed by atoms with van der Waals surface area (Å²) in [6, 6.07) is 11.4. The van der Waals surface area contributed by atoms with Crippen molar-refractivity contribution in [3.8, 4) is 17.1 Å². The minimum absolute atomic E-state index is 0.0811. The molecule has 0 atom stereocenters. The van der Waals surface area contributed by atoms with Crippen LogP contribution >= 0.6 is 23.2 Å². The monoisotopic (exact) mass is 318 g/mol. The van der Waals surface area contributed by atoms with Gasteiger partial charge in [-0.1, -0.05) is 23.2 Å². The van der Waals surface area contributed by atoms with Crippen molar-refractivity contribution in [1.29, 1.82) is 0 Å². The molecule has 3 aromatic rings. The molecule has 1 fully saturated rings. The van der Waals surface area contributed by atoms with Crippen LogP contribution in [0.5, 0.6) is 5.75 Å². The van der Waals surface area contributed by atoms with Gasteiger partial charge in [0.15, 0.2) is 0 Å². The molecule has 1 aliphatic carbocycles. The first-order chi connectivity index (χ1) is 10.1. The summed E-state index contributed by atoms with van der Waals surface area (Å²) in [6.07, 6.45) is 2.32. The number of rotatable bonds is 2. The Balaban J connectivity index is 1.98. The van der Waals surface area contributed by atoms with Gasteiger partial charge in [0.25, 0.3) is 0 Å². The maximum atomic E-state index is 9.58. The SMILES string of the molecule is Oc1ccc(-c2nc3cc(Cl)ccc3n2C2CC2)cc1Cl. The number of halogens is 2. The first kappa shape index (κ1) is 13.0. The standard InChI is InChI=1S/C16H12Cl2N2O/c17-10-2-5-14-13(8-10)19-16(20(14)11-3-4-11)9-1-6-15(21)12(18)7-9/h1-2,5-8,11,21H,3-4H2. The summed E-state index contributed by atoms with van der Waals surface area (Å²) in [7, 11) is 0. The summed E-state index contributed by atoms with van der Waals surface area (Å²) in [5.74, 6) is 0.953. The van der Waals surface area contributed by atoms with E-state index in [0.29, 0.717) is 16.1 Å². The molecule has 1 N–H and O–H groups in total. The van der Waals surface area contributed by atoms with Gasteiger partial charge < -0.3 is 9.67 Å². The minimum Gasteiger partial charge on any atom is -0.506 e. The Morgan fingerprint density at radius 1 is 1.10 bits per heavy atom. The third-order valence-electron chi connectivity index (χ3n) is 3.77. The van der Waals surface area contributed by atoms with Crippen molar-refractivity contribution in [3.63, 3.8) is 0 Å². The van der Waals surface area contributed by atoms with E-state index in [4.69, 9.17) is 28.2 Å². The van der Waals surface area contributed by atoms with Crippen LogP contribution < -0.4 is 0 Å². The summed E-state index contributed by atoms with van der Waals surface area (Å²) < 4.78 is 2.24. The smallest absolute Gasteiger partial charge is 0.141 e. The molecule has 0 spiro atoms. The van der Waals surface area contributed by atoms with Crippen LogP contribution in [0.15, 0.2) is 36.4 Å². The largest absolute Gasteiger partial charge is 0.506 e. The van der Waals surface area contributed by atoms with Crippen molar-refractivity contribution in [1.82, 2.24) is 9.55 Å². The number of hydrogen-bond donors (Lipinski definition) is 1. The quantitative estimate of drug-likeness (QED) is 0.718. The fraction of sp³-hybridized carbons (Fsp3) is 0.188. The molecule has 1 aliphatic rings. The zero-order valence-electron chi connectivity index (χ0n) is 11.1. The lowest BCUT2D eigenvalue weighted by Crippen LogP contribution is -1.97. The van der Waals surface area contributed by atoms with Crippen molar-refractivity contribution in [2.24, 2.45) is 0 Å². The fourth-order valence-electron chi connectivity index (χ4n) is 2.62. The van der Waals surface area contributed by atoms with Gasteiger partial charge in [-0.2, -0.15) is 0 Å². The molecule has 4 rings (SSSR count). The number of fused-ring (bicyclic) bond motifs is 1. The summed E-state index contributed by atoms with van der Waals surface area (Å²) >= 11 is 12.1. The van der Waals surface area contributed by atoms with Crippen LogP contribution in [0.25, 0.3) is 22.4 Å². The Morgan fingerprint density at radius 2 is 1.90 bits per heavy atom.